The van der Waals surface area contributed by atoms with Crippen LogP contribution in [-0.4, -0.2) is 17.3 Å². The first-order valence-corrected chi connectivity index (χ1v) is 10.8. The minimum absolute atomic E-state index is 0.0500. The van der Waals surface area contributed by atoms with Crippen LogP contribution in [0.2, 0.25) is 0 Å². The van der Waals surface area contributed by atoms with Gasteiger partial charge in [0.15, 0.2) is 0 Å². The smallest absolute Gasteiger partial charge is 0.129 e. The summed E-state index contributed by atoms with van der Waals surface area (Å²) in [6.45, 7) is 9.65. The first-order chi connectivity index (χ1) is 12.9. The van der Waals surface area contributed by atoms with Gasteiger partial charge in [-0.25, -0.2) is 0 Å². The van der Waals surface area contributed by atoms with E-state index in [4.69, 9.17) is 9.47 Å². The Labute approximate surface area is 163 Å². The Bertz CT molecular complexity index is 742. The lowest BCUT2D eigenvalue weighted by atomic mass is 9.67. The number of hydrogen-bond donors (Lipinski definition) is 1. The van der Waals surface area contributed by atoms with E-state index >= 15 is 0 Å². The van der Waals surface area contributed by atoms with Crippen molar-refractivity contribution in [2.45, 2.75) is 90.3 Å². The highest BCUT2D eigenvalue weighted by Crippen LogP contribution is 2.56. The molecule has 2 aliphatic heterocycles. The van der Waals surface area contributed by atoms with Gasteiger partial charge in [0.25, 0.3) is 0 Å². The first-order valence-electron chi connectivity index (χ1n) is 10.8. The van der Waals surface area contributed by atoms with Gasteiger partial charge in [-0.1, -0.05) is 31.4 Å². The Kier molecular flexibility index (Phi) is 5.00. The topological polar surface area (TPSA) is 38.7 Å². The molecule has 1 aromatic carbocycles. The molecule has 0 aromatic heterocycles. The summed E-state index contributed by atoms with van der Waals surface area (Å²) in [7, 11) is 0. The molecule has 27 heavy (non-hydrogen) atoms. The van der Waals surface area contributed by atoms with Crippen molar-refractivity contribution in [3.05, 3.63) is 34.4 Å². The summed E-state index contributed by atoms with van der Waals surface area (Å²) >= 11 is 0. The van der Waals surface area contributed by atoms with Gasteiger partial charge in [0.05, 0.1) is 12.7 Å². The summed E-state index contributed by atoms with van der Waals surface area (Å²) in [5.74, 6) is 1.97. The monoisotopic (exact) mass is 370 g/mol. The van der Waals surface area contributed by atoms with Crippen molar-refractivity contribution in [2.24, 2.45) is 5.92 Å². The van der Waals surface area contributed by atoms with Crippen molar-refractivity contribution in [1.82, 2.24) is 0 Å². The average Bonchev–Trinajstić information content (AvgIpc) is 2.55. The van der Waals surface area contributed by atoms with Gasteiger partial charge >= 0.3 is 0 Å². The van der Waals surface area contributed by atoms with Crippen LogP contribution in [0.25, 0.3) is 0 Å². The third-order valence-corrected chi connectivity index (χ3v) is 6.84. The summed E-state index contributed by atoms with van der Waals surface area (Å²) in [5.41, 5.74) is 4.47. The van der Waals surface area contributed by atoms with Gasteiger partial charge in [-0.15, -0.1) is 0 Å². The van der Waals surface area contributed by atoms with E-state index < -0.39 is 0 Å². The van der Waals surface area contributed by atoms with E-state index in [0.717, 1.165) is 55.6 Å². The summed E-state index contributed by atoms with van der Waals surface area (Å²) in [6, 6.07) is 2.22. The van der Waals surface area contributed by atoms with Crippen LogP contribution in [0.4, 0.5) is 0 Å². The zero-order chi connectivity index (χ0) is 19.2. The summed E-state index contributed by atoms with van der Waals surface area (Å²) < 4.78 is 12.3. The number of benzene rings is 1. The van der Waals surface area contributed by atoms with Crippen molar-refractivity contribution >= 4 is 0 Å². The van der Waals surface area contributed by atoms with Crippen LogP contribution in [0.1, 0.15) is 94.9 Å². The maximum atomic E-state index is 11.4. The highest BCUT2D eigenvalue weighted by Gasteiger charge is 2.46. The molecule has 1 N–H and O–H groups in total. The normalized spacial score (nSPS) is 28.4. The molecule has 0 amide bonds. The molecule has 0 saturated carbocycles. The van der Waals surface area contributed by atoms with Gasteiger partial charge in [-0.2, -0.15) is 0 Å². The van der Waals surface area contributed by atoms with Crippen molar-refractivity contribution < 1.29 is 14.6 Å². The van der Waals surface area contributed by atoms with E-state index in [-0.39, 0.29) is 17.6 Å². The van der Waals surface area contributed by atoms with Crippen LogP contribution in [0.15, 0.2) is 17.7 Å². The third kappa shape index (κ3) is 3.29. The predicted molar refractivity (Wildman–Crippen MR) is 109 cm³/mol. The molecule has 0 radical (unpaired) electrons. The third-order valence-electron chi connectivity index (χ3n) is 6.84. The molecule has 3 atom stereocenters. The fourth-order valence-electron chi connectivity index (χ4n) is 5.22. The number of unbranched alkanes of at least 4 members (excludes halogenated alkanes) is 2. The number of aryl methyl sites for hydroxylation is 1. The Morgan fingerprint density at radius 3 is 2.63 bits per heavy atom. The van der Waals surface area contributed by atoms with Crippen LogP contribution in [0, 0.1) is 5.92 Å². The van der Waals surface area contributed by atoms with Crippen molar-refractivity contribution in [2.75, 3.05) is 6.61 Å². The van der Waals surface area contributed by atoms with E-state index in [1.165, 1.54) is 24.0 Å². The molecule has 3 heteroatoms. The molecule has 2 heterocycles. The van der Waals surface area contributed by atoms with Gasteiger partial charge in [0, 0.05) is 29.4 Å². The molecular weight excluding hydrogens is 336 g/mol. The van der Waals surface area contributed by atoms with Crippen LogP contribution in [0.3, 0.4) is 0 Å². The molecule has 3 nitrogen and oxygen atoms in total. The Hall–Kier alpha value is -1.48. The van der Waals surface area contributed by atoms with Crippen molar-refractivity contribution in [3.63, 3.8) is 0 Å². The minimum atomic E-state index is -0.212. The number of phenols is 1. The molecule has 0 spiro atoms. The van der Waals surface area contributed by atoms with Crippen LogP contribution in [0.5, 0.6) is 11.5 Å². The number of ether oxygens (including phenoxy) is 2. The second-order valence-corrected chi connectivity index (χ2v) is 9.20. The maximum Gasteiger partial charge on any atom is 0.129 e. The molecular formula is C24H34O3. The number of fused-ring (bicyclic) bond motifs is 3. The van der Waals surface area contributed by atoms with Crippen LogP contribution < -0.4 is 4.74 Å². The lowest BCUT2D eigenvalue weighted by Crippen LogP contribution is -2.45. The standard InChI is InChI=1S/C24H34O3/c1-5-6-7-8-16-14-20-22(23(25)21(16)19-11-12-26-19)17-13-15(2)9-10-18(17)24(3,4)27-20/h13-14,17-19,25H,5-12H2,1-4H3. The Balaban J connectivity index is 1.83. The number of aromatic hydroxyl groups is 1. The first kappa shape index (κ1) is 18.9. The van der Waals surface area contributed by atoms with Gasteiger partial charge in [-0.05, 0) is 58.1 Å². The molecule has 1 saturated heterocycles. The fraction of sp³-hybridized carbons (Fsp3) is 0.667. The van der Waals surface area contributed by atoms with Crippen LogP contribution in [-0.2, 0) is 11.2 Å². The number of hydrogen-bond acceptors (Lipinski definition) is 3. The predicted octanol–water partition coefficient (Wildman–Crippen LogP) is 6.20. The summed E-state index contributed by atoms with van der Waals surface area (Å²) in [5, 5.41) is 11.4. The van der Waals surface area contributed by atoms with E-state index in [2.05, 4.69) is 39.8 Å². The zero-order valence-corrected chi connectivity index (χ0v) is 17.3. The lowest BCUT2D eigenvalue weighted by Gasteiger charge is -2.47. The second-order valence-electron chi connectivity index (χ2n) is 9.20. The Morgan fingerprint density at radius 1 is 1.19 bits per heavy atom. The molecule has 1 aliphatic carbocycles. The average molecular weight is 371 g/mol. The zero-order valence-electron chi connectivity index (χ0n) is 17.3. The van der Waals surface area contributed by atoms with E-state index in [9.17, 15) is 5.11 Å². The van der Waals surface area contributed by atoms with Gasteiger partial charge in [-0.3, -0.25) is 0 Å². The van der Waals surface area contributed by atoms with Gasteiger partial charge in [0.2, 0.25) is 0 Å². The molecule has 4 rings (SSSR count). The quantitative estimate of drug-likeness (QED) is 0.495. The number of rotatable bonds is 5. The molecule has 1 aromatic rings. The largest absolute Gasteiger partial charge is 0.507 e. The van der Waals surface area contributed by atoms with Crippen molar-refractivity contribution in [3.8, 4) is 11.5 Å². The maximum absolute atomic E-state index is 11.4. The molecule has 148 valence electrons. The van der Waals surface area contributed by atoms with Crippen LogP contribution >= 0.6 is 0 Å². The number of allylic oxidation sites excluding steroid dienone is 2. The van der Waals surface area contributed by atoms with E-state index in [1.54, 1.807) is 0 Å². The molecule has 0 bridgehead atoms. The van der Waals surface area contributed by atoms with Crippen molar-refractivity contribution in [1.29, 1.82) is 0 Å². The highest BCUT2D eigenvalue weighted by molar-refractivity contribution is 5.59. The fourth-order valence-corrected chi connectivity index (χ4v) is 5.22. The minimum Gasteiger partial charge on any atom is -0.507 e. The van der Waals surface area contributed by atoms with E-state index in [1.807, 2.05) is 0 Å². The van der Waals surface area contributed by atoms with E-state index in [0.29, 0.717) is 11.7 Å². The highest BCUT2D eigenvalue weighted by atomic mass is 16.5. The Morgan fingerprint density at radius 2 is 1.96 bits per heavy atom. The number of phenolic OH excluding ortho intramolecular Hbond substituents is 1. The van der Waals surface area contributed by atoms with Gasteiger partial charge in [0.1, 0.15) is 17.1 Å². The summed E-state index contributed by atoms with van der Waals surface area (Å²) in [4.78, 5) is 0. The SMILES string of the molecule is CCCCCc1cc2c(c(O)c1C1CCO1)C1C=C(C)CCC1C(C)(C)O2. The second kappa shape index (κ2) is 7.16. The van der Waals surface area contributed by atoms with Gasteiger partial charge < -0.3 is 14.6 Å². The molecule has 1 fully saturated rings. The molecule has 3 unspecified atom stereocenters. The lowest BCUT2D eigenvalue weighted by molar-refractivity contribution is -0.0547. The summed E-state index contributed by atoms with van der Waals surface area (Å²) in [6.07, 6.45) is 10.2. The molecule has 3 aliphatic rings.